The van der Waals surface area contributed by atoms with Gasteiger partial charge in [-0.2, -0.15) is 0 Å². The molecule has 0 aliphatic rings. The molecule has 2 rings (SSSR count). The minimum atomic E-state index is -0.342. The van der Waals surface area contributed by atoms with E-state index >= 15 is 0 Å². The normalized spacial score (nSPS) is 10.8. The number of ether oxygens (including phenoxy) is 4. The Kier molecular flexibility index (Phi) is 9.44. The van der Waals surface area contributed by atoms with Crippen LogP contribution in [0.4, 0.5) is 4.39 Å². The molecule has 0 heterocycles. The van der Waals surface area contributed by atoms with Gasteiger partial charge in [-0.3, -0.25) is 4.90 Å². The number of hydrogen-bond donors (Lipinski definition) is 0. The van der Waals surface area contributed by atoms with Crippen molar-refractivity contribution in [1.82, 2.24) is 4.90 Å². The Labute approximate surface area is 160 Å². The summed E-state index contributed by atoms with van der Waals surface area (Å²) in [6.45, 7) is 3.93. The average Bonchev–Trinajstić information content (AvgIpc) is 2.70. The van der Waals surface area contributed by atoms with Crippen molar-refractivity contribution in [1.29, 1.82) is 0 Å². The molecule has 27 heavy (non-hydrogen) atoms. The third kappa shape index (κ3) is 7.45. The monoisotopic (exact) mass is 377 g/mol. The van der Waals surface area contributed by atoms with E-state index in [0.29, 0.717) is 26.4 Å². The molecule has 0 bridgehead atoms. The molecular formula is C21H28FNO4. The molecule has 148 valence electrons. The van der Waals surface area contributed by atoms with Crippen LogP contribution >= 0.6 is 0 Å². The largest absolute Gasteiger partial charge is 0.493 e. The molecule has 0 spiro atoms. The Balaban J connectivity index is 1.74. The van der Waals surface area contributed by atoms with Crippen LogP contribution in [0, 0.1) is 5.82 Å². The lowest BCUT2D eigenvalue weighted by atomic mass is 10.3. The molecule has 0 amide bonds. The topological polar surface area (TPSA) is 40.2 Å². The van der Waals surface area contributed by atoms with Gasteiger partial charge in [-0.1, -0.05) is 24.3 Å². The molecule has 0 radical (unpaired) electrons. The highest BCUT2D eigenvalue weighted by molar-refractivity contribution is 5.39. The first kappa shape index (κ1) is 21.0. The first-order valence-corrected chi connectivity index (χ1v) is 9.09. The molecule has 0 atom stereocenters. The van der Waals surface area contributed by atoms with Crippen LogP contribution in [0.15, 0.2) is 48.5 Å². The van der Waals surface area contributed by atoms with Crippen LogP contribution in [0.25, 0.3) is 0 Å². The molecule has 0 unspecified atom stereocenters. The van der Waals surface area contributed by atoms with E-state index in [2.05, 4.69) is 4.90 Å². The first-order chi connectivity index (χ1) is 13.2. The maximum atomic E-state index is 13.6. The minimum Gasteiger partial charge on any atom is -0.493 e. The molecule has 2 aromatic carbocycles. The highest BCUT2D eigenvalue weighted by Gasteiger charge is 2.08. The second-order valence-electron chi connectivity index (χ2n) is 5.97. The van der Waals surface area contributed by atoms with Crippen molar-refractivity contribution in [2.45, 2.75) is 6.42 Å². The molecule has 0 aromatic heterocycles. The van der Waals surface area contributed by atoms with Gasteiger partial charge in [0.15, 0.2) is 23.1 Å². The van der Waals surface area contributed by atoms with Crippen LogP contribution in [0.2, 0.25) is 0 Å². The third-order valence-corrected chi connectivity index (χ3v) is 4.06. The highest BCUT2D eigenvalue weighted by atomic mass is 19.1. The van der Waals surface area contributed by atoms with Crippen molar-refractivity contribution < 1.29 is 23.3 Å². The van der Waals surface area contributed by atoms with Gasteiger partial charge in [0.25, 0.3) is 0 Å². The average molecular weight is 377 g/mol. The SMILES string of the molecule is COCCN(CCCOc1ccccc1OC)CCOc1ccccc1F. The fourth-order valence-electron chi connectivity index (χ4n) is 2.61. The van der Waals surface area contributed by atoms with Crippen molar-refractivity contribution >= 4 is 0 Å². The van der Waals surface area contributed by atoms with Gasteiger partial charge < -0.3 is 18.9 Å². The molecular weight excluding hydrogens is 349 g/mol. The van der Waals surface area contributed by atoms with E-state index in [4.69, 9.17) is 18.9 Å². The standard InChI is InChI=1S/C21H28FNO4/c1-24-16-13-23(14-17-27-19-9-4-3-8-18(19)22)12-7-15-26-21-11-6-5-10-20(21)25-2/h3-6,8-11H,7,12-17H2,1-2H3. The molecule has 0 aliphatic heterocycles. The van der Waals surface area contributed by atoms with Crippen molar-refractivity contribution in [3.05, 3.63) is 54.3 Å². The number of para-hydroxylation sites is 3. The molecule has 0 saturated carbocycles. The summed E-state index contributed by atoms with van der Waals surface area (Å²) in [5, 5.41) is 0. The second-order valence-corrected chi connectivity index (χ2v) is 5.97. The number of rotatable bonds is 13. The lowest BCUT2D eigenvalue weighted by Gasteiger charge is -2.22. The minimum absolute atomic E-state index is 0.281. The summed E-state index contributed by atoms with van der Waals surface area (Å²) >= 11 is 0. The Morgan fingerprint density at radius 3 is 2.07 bits per heavy atom. The maximum absolute atomic E-state index is 13.6. The lowest BCUT2D eigenvalue weighted by Crippen LogP contribution is -2.33. The number of halogens is 1. The summed E-state index contributed by atoms with van der Waals surface area (Å²) < 4.78 is 35.4. The fraction of sp³-hybridized carbons (Fsp3) is 0.429. The van der Waals surface area contributed by atoms with E-state index in [1.807, 2.05) is 24.3 Å². The van der Waals surface area contributed by atoms with E-state index in [0.717, 1.165) is 31.0 Å². The van der Waals surface area contributed by atoms with Crippen LogP contribution in [-0.4, -0.2) is 58.6 Å². The van der Waals surface area contributed by atoms with Gasteiger partial charge in [-0.25, -0.2) is 4.39 Å². The van der Waals surface area contributed by atoms with Crippen LogP contribution in [0.5, 0.6) is 17.2 Å². The van der Waals surface area contributed by atoms with E-state index < -0.39 is 0 Å². The second kappa shape index (κ2) is 12.1. The van der Waals surface area contributed by atoms with Crippen molar-refractivity contribution in [3.8, 4) is 17.2 Å². The number of methoxy groups -OCH3 is 2. The fourth-order valence-corrected chi connectivity index (χ4v) is 2.61. The van der Waals surface area contributed by atoms with Gasteiger partial charge in [-0.15, -0.1) is 0 Å². The molecule has 0 fully saturated rings. The van der Waals surface area contributed by atoms with Crippen molar-refractivity contribution in [2.75, 3.05) is 53.7 Å². The van der Waals surface area contributed by atoms with Gasteiger partial charge >= 0.3 is 0 Å². The molecule has 0 saturated heterocycles. The van der Waals surface area contributed by atoms with E-state index in [-0.39, 0.29) is 11.6 Å². The van der Waals surface area contributed by atoms with Crippen LogP contribution in [0.1, 0.15) is 6.42 Å². The summed E-state index contributed by atoms with van der Waals surface area (Å²) in [6.07, 6.45) is 0.849. The summed E-state index contributed by atoms with van der Waals surface area (Å²) in [5.41, 5.74) is 0. The number of benzene rings is 2. The van der Waals surface area contributed by atoms with Gasteiger partial charge in [-0.05, 0) is 30.7 Å². The Bertz CT molecular complexity index is 668. The van der Waals surface area contributed by atoms with E-state index in [1.54, 1.807) is 32.4 Å². The first-order valence-electron chi connectivity index (χ1n) is 9.09. The number of hydrogen-bond acceptors (Lipinski definition) is 5. The lowest BCUT2D eigenvalue weighted by molar-refractivity contribution is 0.129. The van der Waals surface area contributed by atoms with Crippen LogP contribution in [-0.2, 0) is 4.74 Å². The zero-order chi connectivity index (χ0) is 19.3. The predicted molar refractivity (Wildman–Crippen MR) is 103 cm³/mol. The summed E-state index contributed by atoms with van der Waals surface area (Å²) in [7, 11) is 3.31. The Morgan fingerprint density at radius 2 is 1.37 bits per heavy atom. The van der Waals surface area contributed by atoms with Gasteiger partial charge in [0.1, 0.15) is 6.61 Å². The molecule has 0 N–H and O–H groups in total. The maximum Gasteiger partial charge on any atom is 0.165 e. The Hall–Kier alpha value is -2.31. The van der Waals surface area contributed by atoms with E-state index in [1.165, 1.54) is 6.07 Å². The number of nitrogens with zero attached hydrogens (tertiary/aromatic N) is 1. The van der Waals surface area contributed by atoms with Gasteiger partial charge in [0.2, 0.25) is 0 Å². The van der Waals surface area contributed by atoms with Crippen LogP contribution < -0.4 is 14.2 Å². The Morgan fingerprint density at radius 1 is 0.741 bits per heavy atom. The summed E-state index contributed by atoms with van der Waals surface area (Å²) in [4.78, 5) is 2.22. The zero-order valence-electron chi connectivity index (χ0n) is 16.0. The van der Waals surface area contributed by atoms with Crippen molar-refractivity contribution in [2.24, 2.45) is 0 Å². The molecule has 0 aliphatic carbocycles. The molecule has 5 nitrogen and oxygen atoms in total. The summed E-state index contributed by atoms with van der Waals surface area (Å²) in [5.74, 6) is 1.41. The predicted octanol–water partition coefficient (Wildman–Crippen LogP) is 3.63. The highest BCUT2D eigenvalue weighted by Crippen LogP contribution is 2.25. The van der Waals surface area contributed by atoms with Crippen molar-refractivity contribution in [3.63, 3.8) is 0 Å². The smallest absolute Gasteiger partial charge is 0.165 e. The quantitative estimate of drug-likeness (QED) is 0.499. The molecule has 6 heteroatoms. The molecule has 2 aromatic rings. The van der Waals surface area contributed by atoms with Crippen LogP contribution in [0.3, 0.4) is 0 Å². The van der Waals surface area contributed by atoms with E-state index in [9.17, 15) is 4.39 Å². The van der Waals surface area contributed by atoms with Gasteiger partial charge in [0.05, 0.1) is 20.3 Å². The summed E-state index contributed by atoms with van der Waals surface area (Å²) in [6, 6.07) is 14.0. The zero-order valence-corrected chi connectivity index (χ0v) is 16.0. The van der Waals surface area contributed by atoms with Gasteiger partial charge in [0, 0.05) is 26.7 Å². The third-order valence-electron chi connectivity index (χ3n) is 4.06.